The molecule has 1 heterocycles. The Morgan fingerprint density at radius 1 is 1.37 bits per heavy atom. The van der Waals surface area contributed by atoms with E-state index in [4.69, 9.17) is 15.2 Å². The highest BCUT2D eigenvalue weighted by atomic mass is 32.2. The maximum absolute atomic E-state index is 11.8. The molecular weight excluding hydrogens is 424 g/mol. The molecule has 12 nitrogen and oxygen atoms in total. The Morgan fingerprint density at radius 2 is 2.00 bits per heavy atom. The lowest BCUT2D eigenvalue weighted by atomic mass is 9.83. The van der Waals surface area contributed by atoms with E-state index in [1.807, 2.05) is 6.26 Å². The molecule has 7 atom stereocenters. The van der Waals surface area contributed by atoms with Gasteiger partial charge < -0.3 is 46.1 Å². The van der Waals surface area contributed by atoms with Gasteiger partial charge in [-0.1, -0.05) is 0 Å². The number of carboxylic acids is 1. The smallest absolute Gasteiger partial charge is 0.364 e. The summed E-state index contributed by atoms with van der Waals surface area (Å²) in [6.45, 7) is 0.618. The number of thioether (sulfide) groups is 1. The number of amides is 1. The monoisotopic (exact) mass is 454 g/mol. The molecule has 0 aromatic rings. The zero-order valence-corrected chi connectivity index (χ0v) is 17.6. The van der Waals surface area contributed by atoms with Gasteiger partial charge in [0.2, 0.25) is 5.91 Å². The number of ether oxygens (including phenoxy) is 2. The molecule has 0 spiro atoms. The Hall–Kier alpha value is -1.48. The first-order chi connectivity index (χ1) is 13.9. The molecule has 0 unspecified atom stereocenters. The van der Waals surface area contributed by atoms with E-state index in [2.05, 4.69) is 5.32 Å². The molecule has 0 bridgehead atoms. The van der Waals surface area contributed by atoms with Crippen LogP contribution in [-0.2, 0) is 23.9 Å². The second kappa shape index (κ2) is 11.8. The lowest BCUT2D eigenvalue weighted by Gasteiger charge is -2.44. The molecular formula is C17H30N2O10S. The number of nitrogens with one attached hydrogen (secondary N) is 1. The predicted molar refractivity (Wildman–Crippen MR) is 104 cm³/mol. The van der Waals surface area contributed by atoms with Crippen LogP contribution in [0.1, 0.15) is 26.2 Å². The first-order valence-corrected chi connectivity index (χ1v) is 10.7. The Balaban J connectivity index is 2.83. The summed E-state index contributed by atoms with van der Waals surface area (Å²) < 4.78 is 10.1. The van der Waals surface area contributed by atoms with Gasteiger partial charge in [-0.15, -0.1) is 0 Å². The third kappa shape index (κ3) is 7.65. The molecule has 13 heteroatoms. The Morgan fingerprint density at radius 3 is 2.53 bits per heavy atom. The molecule has 0 aliphatic carbocycles. The molecule has 0 aromatic heterocycles. The van der Waals surface area contributed by atoms with E-state index in [9.17, 15) is 39.9 Å². The van der Waals surface area contributed by atoms with Crippen molar-refractivity contribution in [1.29, 1.82) is 0 Å². The number of carbonyl (C=O) groups excluding carboxylic acids is 2. The van der Waals surface area contributed by atoms with E-state index < -0.39 is 79.6 Å². The van der Waals surface area contributed by atoms with Gasteiger partial charge in [0.15, 0.2) is 0 Å². The van der Waals surface area contributed by atoms with E-state index >= 15 is 0 Å². The number of aliphatic hydroxyl groups is 4. The molecule has 1 aliphatic rings. The molecule has 1 saturated heterocycles. The minimum atomic E-state index is -2.76. The van der Waals surface area contributed by atoms with Crippen LogP contribution >= 0.6 is 11.8 Å². The number of carbonyl (C=O) groups is 3. The van der Waals surface area contributed by atoms with Gasteiger partial charge in [-0.25, -0.2) is 4.79 Å². The van der Waals surface area contributed by atoms with Crippen LogP contribution in [0, 0.1) is 5.92 Å². The van der Waals surface area contributed by atoms with E-state index in [0.717, 1.165) is 6.92 Å². The van der Waals surface area contributed by atoms with Gasteiger partial charge in [0.1, 0.15) is 18.9 Å². The topological polar surface area (TPSA) is 209 Å². The van der Waals surface area contributed by atoms with Crippen molar-refractivity contribution >= 4 is 29.6 Å². The molecule has 1 amide bonds. The average Bonchev–Trinajstić information content (AvgIpc) is 2.62. The van der Waals surface area contributed by atoms with Gasteiger partial charge in [-0.3, -0.25) is 9.59 Å². The molecule has 1 aliphatic heterocycles. The van der Waals surface area contributed by atoms with Crippen molar-refractivity contribution in [2.24, 2.45) is 11.7 Å². The second-order valence-corrected chi connectivity index (χ2v) is 8.13. The van der Waals surface area contributed by atoms with Crippen molar-refractivity contribution < 1.29 is 49.4 Å². The maximum atomic E-state index is 11.8. The van der Waals surface area contributed by atoms with E-state index in [1.165, 1.54) is 11.8 Å². The normalized spacial score (nSPS) is 29.5. The number of aliphatic hydroxyl groups excluding tert-OH is 3. The average molecular weight is 454 g/mol. The summed E-state index contributed by atoms with van der Waals surface area (Å²) >= 11 is 1.50. The fourth-order valence-electron chi connectivity index (χ4n) is 3.09. The quantitative estimate of drug-likeness (QED) is 0.126. The second-order valence-electron chi connectivity index (χ2n) is 7.15. The van der Waals surface area contributed by atoms with Crippen molar-refractivity contribution in [3.05, 3.63) is 0 Å². The number of nitrogens with two attached hydrogens (primary N) is 1. The molecule has 0 radical (unpaired) electrons. The Bertz CT molecular complexity index is 609. The Labute approximate surface area is 177 Å². The van der Waals surface area contributed by atoms with Crippen LogP contribution in [0.5, 0.6) is 0 Å². The predicted octanol–water partition coefficient (Wildman–Crippen LogP) is -2.65. The minimum Gasteiger partial charge on any atom is -0.477 e. The van der Waals surface area contributed by atoms with Crippen LogP contribution in [0.2, 0.25) is 0 Å². The third-order valence-corrected chi connectivity index (χ3v) is 5.26. The number of hydrogen-bond donors (Lipinski definition) is 7. The molecule has 0 aromatic carbocycles. The van der Waals surface area contributed by atoms with Gasteiger partial charge in [-0.2, -0.15) is 11.8 Å². The number of esters is 1. The standard InChI is InChI=1S/C17H30N2O10S/c1-8(20)19-14(23)13-11(22)6-17(27,16(25)26)29-12(13)5-9(21)7-28-15(24)10(18)3-4-30-2/h9-14,21-23,27H,3-7,18H2,1-2H3,(H,19,20)(H,25,26)/t9-,10+,11-,12-,13-,14-,17-/m0/s1. The number of rotatable bonds is 11. The van der Waals surface area contributed by atoms with E-state index in [-0.39, 0.29) is 0 Å². The largest absolute Gasteiger partial charge is 0.477 e. The summed E-state index contributed by atoms with van der Waals surface area (Å²) in [5.41, 5.74) is 5.67. The molecule has 0 saturated carbocycles. The van der Waals surface area contributed by atoms with Gasteiger partial charge in [0, 0.05) is 19.8 Å². The third-order valence-electron chi connectivity index (χ3n) is 4.61. The van der Waals surface area contributed by atoms with Gasteiger partial charge in [0.05, 0.1) is 24.2 Å². The maximum Gasteiger partial charge on any atom is 0.364 e. The zero-order valence-electron chi connectivity index (χ0n) is 16.8. The Kier molecular flexibility index (Phi) is 10.4. The van der Waals surface area contributed by atoms with Crippen LogP contribution in [0.15, 0.2) is 0 Å². The SMILES string of the molecule is CSCC[C@@H](N)C(=O)OC[C@@H](O)C[C@@H]1O[C@](O)(C(=O)O)C[C@H](O)[C@@H]1[C@H](O)NC(C)=O. The van der Waals surface area contributed by atoms with Crippen LogP contribution < -0.4 is 11.1 Å². The fraction of sp³-hybridized carbons (Fsp3) is 0.824. The summed E-state index contributed by atoms with van der Waals surface area (Å²) in [6.07, 6.45) is -4.96. The molecule has 1 rings (SSSR count). The van der Waals surface area contributed by atoms with Crippen molar-refractivity contribution in [3.63, 3.8) is 0 Å². The summed E-state index contributed by atoms with van der Waals surface area (Å²) in [4.78, 5) is 34.4. The summed E-state index contributed by atoms with van der Waals surface area (Å²) in [5, 5.41) is 52.1. The van der Waals surface area contributed by atoms with Crippen LogP contribution in [0.3, 0.4) is 0 Å². The van der Waals surface area contributed by atoms with Gasteiger partial charge in [0.25, 0.3) is 5.79 Å². The van der Waals surface area contributed by atoms with Crippen molar-refractivity contribution in [2.45, 2.75) is 62.6 Å². The number of aliphatic carboxylic acids is 1. The lowest BCUT2D eigenvalue weighted by molar-refractivity contribution is -0.297. The zero-order chi connectivity index (χ0) is 23.1. The van der Waals surface area contributed by atoms with Gasteiger partial charge >= 0.3 is 11.9 Å². The van der Waals surface area contributed by atoms with E-state index in [0.29, 0.717) is 12.2 Å². The first kappa shape index (κ1) is 26.6. The summed E-state index contributed by atoms with van der Waals surface area (Å²) in [6, 6.07) is -0.871. The highest BCUT2D eigenvalue weighted by molar-refractivity contribution is 7.98. The van der Waals surface area contributed by atoms with Crippen LogP contribution in [0.4, 0.5) is 0 Å². The fourth-order valence-corrected chi connectivity index (χ4v) is 3.58. The molecule has 8 N–H and O–H groups in total. The van der Waals surface area contributed by atoms with Gasteiger partial charge in [-0.05, 0) is 18.4 Å². The highest BCUT2D eigenvalue weighted by Gasteiger charge is 2.53. The lowest BCUT2D eigenvalue weighted by Crippen LogP contribution is -2.61. The van der Waals surface area contributed by atoms with Crippen molar-refractivity contribution in [2.75, 3.05) is 18.6 Å². The van der Waals surface area contributed by atoms with Crippen molar-refractivity contribution in [3.8, 4) is 0 Å². The first-order valence-electron chi connectivity index (χ1n) is 9.27. The molecule has 30 heavy (non-hydrogen) atoms. The summed E-state index contributed by atoms with van der Waals surface area (Å²) in [7, 11) is 0. The molecule has 174 valence electrons. The number of carboxylic acid groups (broad SMARTS) is 1. The van der Waals surface area contributed by atoms with Crippen molar-refractivity contribution in [1.82, 2.24) is 5.32 Å². The van der Waals surface area contributed by atoms with Crippen LogP contribution in [-0.4, -0.2) is 98.4 Å². The minimum absolute atomic E-state index is 0.380. The van der Waals surface area contributed by atoms with E-state index in [1.54, 1.807) is 0 Å². The molecule has 1 fully saturated rings. The number of hydrogen-bond acceptors (Lipinski definition) is 11. The highest BCUT2D eigenvalue weighted by Crippen LogP contribution is 2.35. The summed E-state index contributed by atoms with van der Waals surface area (Å²) in [5.74, 6) is -6.50. The van der Waals surface area contributed by atoms with Crippen LogP contribution in [0.25, 0.3) is 0 Å².